The van der Waals surface area contributed by atoms with Crippen LogP contribution in [0.3, 0.4) is 0 Å². The minimum Gasteiger partial charge on any atom is -0.481 e. The van der Waals surface area contributed by atoms with Crippen LogP contribution < -0.4 is 9.47 Å². The first-order valence-corrected chi connectivity index (χ1v) is 13.3. The Balaban J connectivity index is 1.92. The van der Waals surface area contributed by atoms with Crippen molar-refractivity contribution >= 4 is 8.32 Å². The van der Waals surface area contributed by atoms with Gasteiger partial charge < -0.3 is 28.6 Å². The second kappa shape index (κ2) is 8.03. The Morgan fingerprint density at radius 2 is 1.77 bits per heavy atom. The first kappa shape index (κ1) is 23.4. The second-order valence-corrected chi connectivity index (χ2v) is 14.8. The van der Waals surface area contributed by atoms with Gasteiger partial charge in [-0.3, -0.25) is 0 Å². The largest absolute Gasteiger partial charge is 0.481 e. The molecule has 3 heterocycles. The number of methoxy groups -OCH3 is 2. The first-order valence-electron chi connectivity index (χ1n) is 10.4. The molecule has 2 fully saturated rings. The van der Waals surface area contributed by atoms with Gasteiger partial charge in [-0.25, -0.2) is 0 Å². The van der Waals surface area contributed by atoms with Crippen molar-refractivity contribution in [3.05, 3.63) is 17.7 Å². The van der Waals surface area contributed by atoms with E-state index in [2.05, 4.69) is 38.8 Å². The molecule has 0 amide bonds. The maximum absolute atomic E-state index is 11.2. The Bertz CT molecular complexity index is 766. The van der Waals surface area contributed by atoms with Crippen LogP contribution in [0.15, 0.2) is 12.1 Å². The van der Waals surface area contributed by atoms with Gasteiger partial charge in [-0.2, -0.15) is 10.0 Å². The molecular formula is C21H36N2O6Si. The molecule has 2 aliphatic rings. The van der Waals surface area contributed by atoms with E-state index in [1.54, 1.807) is 20.3 Å². The van der Waals surface area contributed by atoms with E-state index < -0.39 is 20.1 Å². The smallest absolute Gasteiger partial charge is 0.221 e. The fraction of sp³-hybridized carbons (Fsp3) is 0.762. The van der Waals surface area contributed by atoms with Gasteiger partial charge in [-0.15, -0.1) is 0 Å². The topological polar surface area (TPSA) is 82.5 Å². The van der Waals surface area contributed by atoms with Gasteiger partial charge in [-0.05, 0) is 38.0 Å². The Kier molecular flexibility index (Phi) is 6.27. The minimum atomic E-state index is -2.00. The van der Waals surface area contributed by atoms with Crippen molar-refractivity contribution in [1.82, 2.24) is 10.0 Å². The van der Waals surface area contributed by atoms with Crippen LogP contribution in [0.25, 0.3) is 0 Å². The van der Waals surface area contributed by atoms with Crippen LogP contribution in [-0.4, -0.2) is 68.4 Å². The van der Waals surface area contributed by atoms with Gasteiger partial charge in [0.2, 0.25) is 11.8 Å². The molecular weight excluding hydrogens is 404 g/mol. The average molecular weight is 441 g/mol. The quantitative estimate of drug-likeness (QED) is 0.670. The van der Waals surface area contributed by atoms with Crippen molar-refractivity contribution in [2.24, 2.45) is 0 Å². The van der Waals surface area contributed by atoms with E-state index in [4.69, 9.17) is 23.4 Å². The average Bonchev–Trinajstić information content (AvgIpc) is 3.07. The number of fused-ring (bicyclic) bond motifs is 1. The van der Waals surface area contributed by atoms with Gasteiger partial charge in [0.25, 0.3) is 0 Å². The third kappa shape index (κ3) is 4.24. The number of pyridine rings is 1. The molecule has 1 aromatic heterocycles. The fourth-order valence-electron chi connectivity index (χ4n) is 3.80. The third-order valence-electron chi connectivity index (χ3n) is 6.49. The van der Waals surface area contributed by atoms with E-state index in [0.717, 1.165) is 0 Å². The number of ether oxygens (including phenoxy) is 4. The molecule has 4 atom stereocenters. The lowest BCUT2D eigenvalue weighted by Crippen LogP contribution is -2.47. The monoisotopic (exact) mass is 440 g/mol. The van der Waals surface area contributed by atoms with Crippen molar-refractivity contribution in [2.45, 2.75) is 82.8 Å². The molecule has 2 aliphatic heterocycles. The molecule has 0 aliphatic carbocycles. The minimum absolute atomic E-state index is 0.0696. The third-order valence-corrected chi connectivity index (χ3v) is 11.0. The molecule has 0 bridgehead atoms. The molecule has 0 saturated carbocycles. The van der Waals surface area contributed by atoms with Crippen LogP contribution in [0.5, 0.6) is 11.8 Å². The molecule has 8 nitrogen and oxygen atoms in total. The van der Waals surface area contributed by atoms with Crippen LogP contribution >= 0.6 is 0 Å². The van der Waals surface area contributed by atoms with E-state index in [1.807, 2.05) is 19.9 Å². The molecule has 0 radical (unpaired) electrons. The molecule has 1 aromatic rings. The summed E-state index contributed by atoms with van der Waals surface area (Å²) < 4.78 is 29.6. The summed E-state index contributed by atoms with van der Waals surface area (Å²) >= 11 is 0. The van der Waals surface area contributed by atoms with Gasteiger partial charge >= 0.3 is 0 Å². The van der Waals surface area contributed by atoms with Gasteiger partial charge in [0.05, 0.1) is 32.9 Å². The Morgan fingerprint density at radius 1 is 1.13 bits per heavy atom. The van der Waals surface area contributed by atoms with Gasteiger partial charge in [0.15, 0.2) is 14.1 Å². The zero-order chi connectivity index (χ0) is 22.5. The predicted octanol–water partition coefficient (Wildman–Crippen LogP) is 3.76. The highest BCUT2D eigenvalue weighted by molar-refractivity contribution is 6.74. The maximum Gasteiger partial charge on any atom is 0.221 e. The van der Waals surface area contributed by atoms with Crippen molar-refractivity contribution in [2.75, 3.05) is 20.8 Å². The number of rotatable bonds is 6. The Labute approximate surface area is 180 Å². The maximum atomic E-state index is 11.2. The lowest BCUT2D eigenvalue weighted by atomic mass is 10.0. The Hall–Kier alpha value is -1.23. The van der Waals surface area contributed by atoms with Gasteiger partial charge in [0.1, 0.15) is 12.2 Å². The summed E-state index contributed by atoms with van der Waals surface area (Å²) in [5.74, 6) is 0.0739. The van der Waals surface area contributed by atoms with Crippen LogP contribution in [-0.2, 0) is 13.9 Å². The lowest BCUT2D eigenvalue weighted by molar-refractivity contribution is -0.220. The van der Waals surface area contributed by atoms with E-state index in [9.17, 15) is 5.21 Å². The standard InChI is InChI=1S/C21H36N2O6Si/c1-20(2,3)30(8,9)27-12-14-17-18(29-21(4,5)28-17)16(23(14)24)13-10-11-15(25-6)22-19(13)26-7/h10-11,14,16-18,24H,12H2,1-9H3/t14-,16+,17-,18+/m1/s1. The summed E-state index contributed by atoms with van der Waals surface area (Å²) in [6.07, 6.45) is -0.728. The Morgan fingerprint density at radius 3 is 2.33 bits per heavy atom. The van der Waals surface area contributed by atoms with Crippen molar-refractivity contribution < 1.29 is 28.6 Å². The predicted molar refractivity (Wildman–Crippen MR) is 114 cm³/mol. The second-order valence-electron chi connectivity index (χ2n) is 9.98. The summed E-state index contributed by atoms with van der Waals surface area (Å²) in [6.45, 7) is 15.1. The summed E-state index contributed by atoms with van der Waals surface area (Å²) in [4.78, 5) is 4.38. The molecule has 3 rings (SSSR count). The van der Waals surface area contributed by atoms with E-state index in [0.29, 0.717) is 23.9 Å². The molecule has 0 unspecified atom stereocenters. The highest BCUT2D eigenvalue weighted by atomic mass is 28.4. The van der Waals surface area contributed by atoms with Gasteiger partial charge in [0, 0.05) is 11.6 Å². The number of aromatic nitrogens is 1. The molecule has 2 saturated heterocycles. The zero-order valence-corrected chi connectivity index (χ0v) is 20.6. The van der Waals surface area contributed by atoms with E-state index in [1.165, 1.54) is 5.06 Å². The molecule has 9 heteroatoms. The first-order chi connectivity index (χ1) is 13.8. The van der Waals surface area contributed by atoms with Crippen molar-refractivity contribution in [1.29, 1.82) is 0 Å². The fourth-order valence-corrected chi connectivity index (χ4v) is 4.82. The molecule has 30 heavy (non-hydrogen) atoms. The van der Waals surface area contributed by atoms with Crippen LogP contribution in [0.2, 0.25) is 18.1 Å². The van der Waals surface area contributed by atoms with Crippen molar-refractivity contribution in [3.8, 4) is 11.8 Å². The van der Waals surface area contributed by atoms with E-state index >= 15 is 0 Å². The number of hydrogen-bond acceptors (Lipinski definition) is 8. The van der Waals surface area contributed by atoms with E-state index in [-0.39, 0.29) is 23.3 Å². The number of hydroxylamine groups is 2. The SMILES string of the molecule is COc1ccc([C@H]2[C@@H]3OC(C)(C)O[C@@H]3[C@@H](CO[Si](C)(C)C(C)(C)C)N2O)c(OC)n1. The molecule has 0 aromatic carbocycles. The summed E-state index contributed by atoms with van der Waals surface area (Å²) in [6, 6.07) is 2.73. The van der Waals surface area contributed by atoms with Crippen LogP contribution in [0.4, 0.5) is 0 Å². The molecule has 1 N–H and O–H groups in total. The number of hydrogen-bond donors (Lipinski definition) is 1. The van der Waals surface area contributed by atoms with Crippen LogP contribution in [0.1, 0.15) is 46.2 Å². The normalized spacial score (nSPS) is 29.1. The number of nitrogens with zero attached hydrogens (tertiary/aromatic N) is 2. The summed E-state index contributed by atoms with van der Waals surface area (Å²) in [5, 5.41) is 12.6. The highest BCUT2D eigenvalue weighted by Gasteiger charge is 2.59. The summed E-state index contributed by atoms with van der Waals surface area (Å²) in [7, 11) is 1.10. The summed E-state index contributed by atoms with van der Waals surface area (Å²) in [5.41, 5.74) is 0.715. The molecule has 170 valence electrons. The van der Waals surface area contributed by atoms with Crippen LogP contribution in [0, 0.1) is 0 Å². The molecule has 0 spiro atoms. The zero-order valence-electron chi connectivity index (χ0n) is 19.6. The van der Waals surface area contributed by atoms with Crippen molar-refractivity contribution in [3.63, 3.8) is 0 Å². The van der Waals surface area contributed by atoms with Gasteiger partial charge in [-0.1, -0.05) is 20.8 Å². The lowest BCUT2D eigenvalue weighted by Gasteiger charge is -2.38. The highest BCUT2D eigenvalue weighted by Crippen LogP contribution is 2.48.